The normalized spacial score (nSPS) is 10.5. The Labute approximate surface area is 101 Å². The van der Waals surface area contributed by atoms with Crippen LogP contribution in [0.1, 0.15) is 35.1 Å². The molecule has 0 unspecified atom stereocenters. The Kier molecular flexibility index (Phi) is 4.24. The van der Waals surface area contributed by atoms with Gasteiger partial charge in [0.05, 0.1) is 22.8 Å². The van der Waals surface area contributed by atoms with Crippen LogP contribution >= 0.6 is 0 Å². The molecule has 1 aromatic rings. The van der Waals surface area contributed by atoms with Crippen LogP contribution < -0.4 is 0 Å². The minimum atomic E-state index is -3.08. The van der Waals surface area contributed by atoms with Crippen molar-refractivity contribution in [3.8, 4) is 0 Å². The van der Waals surface area contributed by atoms with Gasteiger partial charge in [-0.3, -0.25) is 10.1 Å². The first-order chi connectivity index (χ1) is 8.38. The number of nitro groups is 1. The quantitative estimate of drug-likeness (QED) is 0.471. The third kappa shape index (κ3) is 2.76. The average Bonchev–Trinajstić information content (AvgIpc) is 2.28. The molecule has 98 valence electrons. The molecule has 0 spiro atoms. The molecule has 0 amide bonds. The number of rotatable bonds is 4. The van der Waals surface area contributed by atoms with E-state index in [1.165, 1.54) is 6.92 Å². The van der Waals surface area contributed by atoms with Gasteiger partial charge in [0.2, 0.25) is 0 Å². The fourth-order valence-corrected chi connectivity index (χ4v) is 1.34. The predicted molar refractivity (Wildman–Crippen MR) is 56.5 cm³/mol. The van der Waals surface area contributed by atoms with E-state index in [1.807, 2.05) is 0 Å². The summed E-state index contributed by atoms with van der Waals surface area (Å²) in [5.41, 5.74) is -2.06. The molecule has 0 saturated heterocycles. The molecule has 1 rings (SSSR count). The lowest BCUT2D eigenvalue weighted by molar-refractivity contribution is -0.386. The van der Waals surface area contributed by atoms with E-state index in [-0.39, 0.29) is 17.9 Å². The van der Waals surface area contributed by atoms with Crippen LogP contribution in [-0.2, 0) is 4.74 Å². The van der Waals surface area contributed by atoms with E-state index in [2.05, 4.69) is 9.72 Å². The van der Waals surface area contributed by atoms with E-state index in [1.54, 1.807) is 6.92 Å². The Morgan fingerprint density at radius 2 is 2.22 bits per heavy atom. The minimum Gasteiger partial charge on any atom is -0.462 e. The number of carbonyl (C=O) groups is 1. The van der Waals surface area contributed by atoms with E-state index >= 15 is 0 Å². The summed E-state index contributed by atoms with van der Waals surface area (Å²) in [7, 11) is 0. The van der Waals surface area contributed by atoms with Crippen molar-refractivity contribution in [1.29, 1.82) is 0 Å². The summed E-state index contributed by atoms with van der Waals surface area (Å²) < 4.78 is 29.8. The number of nitrogens with zero attached hydrogens (tertiary/aromatic N) is 2. The van der Waals surface area contributed by atoms with Gasteiger partial charge in [-0.2, -0.15) is 0 Å². The molecule has 6 nitrogen and oxygen atoms in total. The zero-order valence-corrected chi connectivity index (χ0v) is 9.65. The van der Waals surface area contributed by atoms with Gasteiger partial charge in [0.1, 0.15) is 0 Å². The van der Waals surface area contributed by atoms with Gasteiger partial charge >= 0.3 is 5.97 Å². The Morgan fingerprint density at radius 1 is 1.61 bits per heavy atom. The molecule has 0 fully saturated rings. The number of aromatic nitrogens is 1. The molecular formula is C10H10F2N2O4. The number of pyridine rings is 1. The molecule has 18 heavy (non-hydrogen) atoms. The van der Waals surface area contributed by atoms with Crippen LogP contribution in [0.3, 0.4) is 0 Å². The van der Waals surface area contributed by atoms with Gasteiger partial charge in [-0.05, 0) is 13.8 Å². The Morgan fingerprint density at radius 3 is 2.67 bits per heavy atom. The van der Waals surface area contributed by atoms with Crippen LogP contribution in [-0.4, -0.2) is 22.5 Å². The maximum atomic E-state index is 12.6. The highest BCUT2D eigenvalue weighted by Crippen LogP contribution is 2.29. The summed E-state index contributed by atoms with van der Waals surface area (Å²) in [5.74, 6) is -0.827. The van der Waals surface area contributed by atoms with E-state index < -0.39 is 28.7 Å². The highest BCUT2D eigenvalue weighted by Gasteiger charge is 2.27. The molecule has 8 heteroatoms. The lowest BCUT2D eigenvalue weighted by Gasteiger charge is -2.07. The van der Waals surface area contributed by atoms with E-state index in [9.17, 15) is 23.7 Å². The number of alkyl halides is 2. The van der Waals surface area contributed by atoms with Crippen LogP contribution in [0.2, 0.25) is 0 Å². The van der Waals surface area contributed by atoms with Gasteiger partial charge in [0, 0.05) is 6.07 Å². The highest BCUT2D eigenvalue weighted by atomic mass is 19.3. The number of ether oxygens (including phenoxy) is 1. The topological polar surface area (TPSA) is 82.3 Å². The summed E-state index contributed by atoms with van der Waals surface area (Å²) in [6.07, 6.45) is -3.08. The van der Waals surface area contributed by atoms with Crippen molar-refractivity contribution < 1.29 is 23.2 Å². The van der Waals surface area contributed by atoms with E-state index in [0.29, 0.717) is 0 Å². The molecule has 0 N–H and O–H groups in total. The molecule has 0 atom stereocenters. The van der Waals surface area contributed by atoms with Crippen LogP contribution in [0.25, 0.3) is 0 Å². The maximum Gasteiger partial charge on any atom is 0.340 e. The molecule has 0 aromatic carbocycles. The first-order valence-electron chi connectivity index (χ1n) is 4.99. The first kappa shape index (κ1) is 13.9. The second-order valence-electron chi connectivity index (χ2n) is 3.30. The van der Waals surface area contributed by atoms with Gasteiger partial charge in [0.25, 0.3) is 12.1 Å². The second kappa shape index (κ2) is 5.48. The molecule has 0 aliphatic carbocycles. The summed E-state index contributed by atoms with van der Waals surface area (Å²) in [5, 5.41) is 10.7. The minimum absolute atomic E-state index is 0.0330. The smallest absolute Gasteiger partial charge is 0.340 e. The standard InChI is InChI=1S/C10H10F2N2O4/c1-3-18-10(15)6-4-7(14(16)17)8(9(11)12)13-5(6)2/h4,9H,3H2,1-2H3. The molecule has 0 saturated carbocycles. The summed E-state index contributed by atoms with van der Waals surface area (Å²) in [6, 6.07) is 0.766. The lowest BCUT2D eigenvalue weighted by Crippen LogP contribution is -2.11. The lowest BCUT2D eigenvalue weighted by atomic mass is 10.1. The number of hydrogen-bond acceptors (Lipinski definition) is 5. The Bertz CT molecular complexity index is 491. The third-order valence-corrected chi connectivity index (χ3v) is 2.12. The average molecular weight is 260 g/mol. The largest absolute Gasteiger partial charge is 0.462 e. The Balaban J connectivity index is 3.36. The number of hydrogen-bond donors (Lipinski definition) is 0. The van der Waals surface area contributed by atoms with Crippen molar-refractivity contribution in [1.82, 2.24) is 4.98 Å². The zero-order chi connectivity index (χ0) is 13.9. The molecule has 0 radical (unpaired) electrons. The molecule has 1 aromatic heterocycles. The van der Waals surface area contributed by atoms with Gasteiger partial charge < -0.3 is 4.74 Å². The van der Waals surface area contributed by atoms with Crippen molar-refractivity contribution in [3.63, 3.8) is 0 Å². The van der Waals surface area contributed by atoms with Gasteiger partial charge in [-0.15, -0.1) is 0 Å². The van der Waals surface area contributed by atoms with Crippen LogP contribution in [0.5, 0.6) is 0 Å². The zero-order valence-electron chi connectivity index (χ0n) is 9.65. The van der Waals surface area contributed by atoms with Crippen molar-refractivity contribution in [2.75, 3.05) is 6.61 Å². The monoisotopic (exact) mass is 260 g/mol. The first-order valence-corrected chi connectivity index (χ1v) is 4.99. The third-order valence-electron chi connectivity index (χ3n) is 2.12. The molecule has 0 aliphatic heterocycles. The van der Waals surface area contributed by atoms with Crippen molar-refractivity contribution in [2.24, 2.45) is 0 Å². The second-order valence-corrected chi connectivity index (χ2v) is 3.30. The number of carbonyl (C=O) groups excluding carboxylic acids is 1. The Hall–Kier alpha value is -2.12. The highest BCUT2D eigenvalue weighted by molar-refractivity contribution is 5.91. The molecule has 1 heterocycles. The summed E-state index contributed by atoms with van der Waals surface area (Å²) >= 11 is 0. The molecular weight excluding hydrogens is 250 g/mol. The number of halogens is 2. The fourth-order valence-electron chi connectivity index (χ4n) is 1.34. The predicted octanol–water partition coefficient (Wildman–Crippen LogP) is 2.41. The molecule has 0 bridgehead atoms. The van der Waals surface area contributed by atoms with Crippen LogP contribution in [0, 0.1) is 17.0 Å². The van der Waals surface area contributed by atoms with Crippen LogP contribution in [0.4, 0.5) is 14.5 Å². The number of esters is 1. The van der Waals surface area contributed by atoms with Gasteiger partial charge in [-0.25, -0.2) is 18.6 Å². The van der Waals surface area contributed by atoms with Crippen molar-refractivity contribution in [2.45, 2.75) is 20.3 Å². The summed E-state index contributed by atoms with van der Waals surface area (Å²) in [6.45, 7) is 2.94. The van der Waals surface area contributed by atoms with Gasteiger partial charge in [0.15, 0.2) is 5.69 Å². The van der Waals surface area contributed by atoms with Crippen LogP contribution in [0.15, 0.2) is 6.07 Å². The fraction of sp³-hybridized carbons (Fsp3) is 0.400. The van der Waals surface area contributed by atoms with E-state index in [0.717, 1.165) is 6.07 Å². The van der Waals surface area contributed by atoms with Crippen molar-refractivity contribution >= 4 is 11.7 Å². The van der Waals surface area contributed by atoms with Crippen molar-refractivity contribution in [3.05, 3.63) is 33.1 Å². The maximum absolute atomic E-state index is 12.6. The molecule has 0 aliphatic rings. The summed E-state index contributed by atoms with van der Waals surface area (Å²) in [4.78, 5) is 24.5. The SMILES string of the molecule is CCOC(=O)c1cc([N+](=O)[O-])c(C(F)F)nc1C. The van der Waals surface area contributed by atoms with E-state index in [4.69, 9.17) is 0 Å². The van der Waals surface area contributed by atoms with Gasteiger partial charge in [-0.1, -0.05) is 0 Å². The number of aryl methyl sites for hydroxylation is 1.